The van der Waals surface area contributed by atoms with E-state index in [1.807, 2.05) is 18.2 Å². The second-order valence-electron chi connectivity index (χ2n) is 6.87. The van der Waals surface area contributed by atoms with E-state index in [2.05, 4.69) is 10.3 Å². The molecule has 0 aliphatic rings. The lowest BCUT2D eigenvalue weighted by atomic mass is 10.1. The number of carbonyl (C=O) groups is 1. The van der Waals surface area contributed by atoms with Gasteiger partial charge in [0.2, 0.25) is 0 Å². The van der Waals surface area contributed by atoms with E-state index in [9.17, 15) is 14.0 Å². The second-order valence-corrected chi connectivity index (χ2v) is 7.26. The van der Waals surface area contributed by atoms with Crippen molar-refractivity contribution >= 4 is 29.0 Å². The van der Waals surface area contributed by atoms with E-state index in [0.717, 1.165) is 11.1 Å². The Balaban J connectivity index is 1.48. The van der Waals surface area contributed by atoms with E-state index >= 15 is 0 Å². The van der Waals surface area contributed by atoms with Crippen molar-refractivity contribution in [1.82, 2.24) is 14.9 Å². The number of nitrogens with zero attached hydrogens (tertiary/aromatic N) is 1. The standard InChI is InChI=1S/C23H18FN3O2S/c24-18-11-7-15(8-12-18)13-25-21(28)17-9-5-16(6-10-17)14-27-22(29)19-3-1-2-4-20(19)26-23(27)30/h1-12H,13-14H2,(H,25,28)(H,26,30). The van der Waals surface area contributed by atoms with Gasteiger partial charge in [-0.1, -0.05) is 36.4 Å². The smallest absolute Gasteiger partial charge is 0.262 e. The molecule has 5 nitrogen and oxygen atoms in total. The molecule has 0 bridgehead atoms. The van der Waals surface area contributed by atoms with Crippen LogP contribution in [0.3, 0.4) is 0 Å². The maximum absolute atomic E-state index is 13.0. The molecule has 0 saturated carbocycles. The summed E-state index contributed by atoms with van der Waals surface area (Å²) < 4.78 is 14.8. The van der Waals surface area contributed by atoms with Crippen LogP contribution < -0.4 is 10.9 Å². The number of halogens is 1. The first-order chi connectivity index (χ1) is 14.5. The first kappa shape index (κ1) is 19.7. The number of carbonyl (C=O) groups excluding carboxylic acids is 1. The molecule has 1 aromatic heterocycles. The Morgan fingerprint density at radius 2 is 1.63 bits per heavy atom. The molecular formula is C23H18FN3O2S. The van der Waals surface area contributed by atoms with Gasteiger partial charge < -0.3 is 10.3 Å². The number of rotatable bonds is 5. The highest BCUT2D eigenvalue weighted by molar-refractivity contribution is 7.71. The number of amides is 1. The van der Waals surface area contributed by atoms with Gasteiger partial charge >= 0.3 is 0 Å². The van der Waals surface area contributed by atoms with Gasteiger partial charge in [-0.05, 0) is 59.7 Å². The summed E-state index contributed by atoms with van der Waals surface area (Å²) in [6.07, 6.45) is 0. The van der Waals surface area contributed by atoms with Crippen LogP contribution in [0.2, 0.25) is 0 Å². The van der Waals surface area contributed by atoms with Crippen LogP contribution in [0.5, 0.6) is 0 Å². The Morgan fingerprint density at radius 3 is 2.37 bits per heavy atom. The molecule has 0 saturated heterocycles. The number of aromatic nitrogens is 2. The molecule has 0 radical (unpaired) electrons. The van der Waals surface area contributed by atoms with Crippen molar-refractivity contribution in [3.8, 4) is 0 Å². The number of fused-ring (bicyclic) bond motifs is 1. The van der Waals surface area contributed by atoms with E-state index < -0.39 is 0 Å². The van der Waals surface area contributed by atoms with Gasteiger partial charge in [-0.25, -0.2) is 4.39 Å². The highest BCUT2D eigenvalue weighted by atomic mass is 32.1. The number of H-pyrrole nitrogens is 1. The van der Waals surface area contributed by atoms with E-state index in [-0.39, 0.29) is 17.3 Å². The fourth-order valence-electron chi connectivity index (χ4n) is 3.17. The van der Waals surface area contributed by atoms with Crippen LogP contribution in [0.25, 0.3) is 10.9 Å². The van der Waals surface area contributed by atoms with Crippen molar-refractivity contribution in [2.24, 2.45) is 0 Å². The zero-order valence-electron chi connectivity index (χ0n) is 15.9. The van der Waals surface area contributed by atoms with Crippen LogP contribution in [0.4, 0.5) is 4.39 Å². The topological polar surface area (TPSA) is 66.9 Å². The molecule has 30 heavy (non-hydrogen) atoms. The normalized spacial score (nSPS) is 10.8. The summed E-state index contributed by atoms with van der Waals surface area (Å²) in [6.45, 7) is 0.610. The van der Waals surface area contributed by atoms with Gasteiger partial charge in [-0.2, -0.15) is 0 Å². The van der Waals surface area contributed by atoms with E-state index in [1.165, 1.54) is 16.7 Å². The second kappa shape index (κ2) is 8.42. The lowest BCUT2D eigenvalue weighted by Crippen LogP contribution is -2.23. The van der Waals surface area contributed by atoms with Crippen molar-refractivity contribution < 1.29 is 9.18 Å². The molecule has 4 aromatic rings. The van der Waals surface area contributed by atoms with Crippen LogP contribution in [0, 0.1) is 10.6 Å². The number of hydrogen-bond donors (Lipinski definition) is 2. The van der Waals surface area contributed by atoms with Crippen molar-refractivity contribution in [2.45, 2.75) is 13.1 Å². The van der Waals surface area contributed by atoms with Gasteiger partial charge in [0, 0.05) is 12.1 Å². The first-order valence-electron chi connectivity index (χ1n) is 9.35. The lowest BCUT2D eigenvalue weighted by molar-refractivity contribution is 0.0951. The third-order valence-corrected chi connectivity index (χ3v) is 5.13. The van der Waals surface area contributed by atoms with Crippen molar-refractivity contribution in [3.05, 3.63) is 110 Å². The highest BCUT2D eigenvalue weighted by Crippen LogP contribution is 2.10. The Kier molecular flexibility index (Phi) is 5.54. The minimum atomic E-state index is -0.314. The summed E-state index contributed by atoms with van der Waals surface area (Å²) in [5, 5.41) is 3.38. The minimum Gasteiger partial charge on any atom is -0.348 e. The monoisotopic (exact) mass is 419 g/mol. The molecule has 1 heterocycles. The number of aromatic amines is 1. The quantitative estimate of drug-likeness (QED) is 0.477. The minimum absolute atomic E-state index is 0.157. The van der Waals surface area contributed by atoms with Crippen LogP contribution in [-0.4, -0.2) is 15.5 Å². The van der Waals surface area contributed by atoms with Gasteiger partial charge in [-0.3, -0.25) is 14.2 Å². The molecule has 0 spiro atoms. The fraction of sp³-hybridized carbons (Fsp3) is 0.0870. The van der Waals surface area contributed by atoms with Gasteiger partial charge in [0.05, 0.1) is 17.4 Å². The van der Waals surface area contributed by atoms with Crippen molar-refractivity contribution in [2.75, 3.05) is 0 Å². The Bertz CT molecular complexity index is 1330. The molecule has 0 aliphatic heterocycles. The summed E-state index contributed by atoms with van der Waals surface area (Å²) >= 11 is 5.34. The van der Waals surface area contributed by atoms with Crippen molar-refractivity contribution in [1.29, 1.82) is 0 Å². The van der Waals surface area contributed by atoms with Gasteiger partial charge in [-0.15, -0.1) is 0 Å². The molecule has 7 heteroatoms. The molecule has 3 aromatic carbocycles. The van der Waals surface area contributed by atoms with Crippen molar-refractivity contribution in [3.63, 3.8) is 0 Å². The summed E-state index contributed by atoms with van der Waals surface area (Å²) in [6, 6.07) is 20.2. The Labute approximate surface area is 176 Å². The van der Waals surface area contributed by atoms with Crippen LogP contribution in [0.1, 0.15) is 21.5 Å². The summed E-state index contributed by atoms with van der Waals surface area (Å²) in [5.41, 5.74) is 2.71. The molecule has 0 unspecified atom stereocenters. The SMILES string of the molecule is O=C(NCc1ccc(F)cc1)c1ccc(Cn2c(=S)[nH]c3ccccc3c2=O)cc1. The zero-order valence-corrected chi connectivity index (χ0v) is 16.7. The third-order valence-electron chi connectivity index (χ3n) is 4.81. The number of hydrogen-bond acceptors (Lipinski definition) is 3. The molecule has 4 rings (SSSR count). The molecule has 0 fully saturated rings. The molecule has 0 atom stereocenters. The number of benzene rings is 3. The maximum atomic E-state index is 13.0. The molecule has 0 aliphatic carbocycles. The number of nitrogens with one attached hydrogen (secondary N) is 2. The Hall–Kier alpha value is -3.58. The largest absolute Gasteiger partial charge is 0.348 e. The van der Waals surface area contributed by atoms with E-state index in [0.29, 0.717) is 34.3 Å². The van der Waals surface area contributed by atoms with Gasteiger partial charge in [0.15, 0.2) is 4.77 Å². The summed E-state index contributed by atoms with van der Waals surface area (Å²) in [7, 11) is 0. The average Bonchev–Trinajstić information content (AvgIpc) is 2.76. The summed E-state index contributed by atoms with van der Waals surface area (Å²) in [4.78, 5) is 28.2. The maximum Gasteiger partial charge on any atom is 0.262 e. The van der Waals surface area contributed by atoms with E-state index in [4.69, 9.17) is 12.2 Å². The zero-order chi connectivity index (χ0) is 21.1. The Morgan fingerprint density at radius 1 is 0.967 bits per heavy atom. The van der Waals surface area contributed by atoms with E-state index in [1.54, 1.807) is 42.5 Å². The predicted octanol–water partition coefficient (Wildman–Crippen LogP) is 4.18. The van der Waals surface area contributed by atoms with Gasteiger partial charge in [0.25, 0.3) is 11.5 Å². The lowest BCUT2D eigenvalue weighted by Gasteiger charge is -2.09. The molecule has 1 amide bonds. The predicted molar refractivity (Wildman–Crippen MR) is 117 cm³/mol. The first-order valence-corrected chi connectivity index (χ1v) is 9.75. The third kappa shape index (κ3) is 4.21. The molecular weight excluding hydrogens is 401 g/mol. The summed E-state index contributed by atoms with van der Waals surface area (Å²) in [5.74, 6) is -0.544. The number of para-hydroxylation sites is 1. The molecule has 2 N–H and O–H groups in total. The average molecular weight is 419 g/mol. The van der Waals surface area contributed by atoms with Crippen LogP contribution in [0.15, 0.2) is 77.6 Å². The van der Waals surface area contributed by atoms with Crippen LogP contribution in [-0.2, 0) is 13.1 Å². The fourth-order valence-corrected chi connectivity index (χ4v) is 3.43. The van der Waals surface area contributed by atoms with Crippen LogP contribution >= 0.6 is 12.2 Å². The van der Waals surface area contributed by atoms with Gasteiger partial charge in [0.1, 0.15) is 5.82 Å². The molecule has 150 valence electrons. The highest BCUT2D eigenvalue weighted by Gasteiger charge is 2.08.